The van der Waals surface area contributed by atoms with Crippen molar-refractivity contribution in [2.24, 2.45) is 0 Å². The fraction of sp³-hybridized carbons (Fsp3) is 0.400. The van der Waals surface area contributed by atoms with Crippen molar-refractivity contribution in [2.45, 2.75) is 36.4 Å². The van der Waals surface area contributed by atoms with Gasteiger partial charge in [-0.25, -0.2) is 13.2 Å². The second-order valence-corrected chi connectivity index (χ2v) is 15.7. The molecule has 252 valence electrons. The third kappa shape index (κ3) is 6.87. The van der Waals surface area contributed by atoms with Crippen LogP contribution in [0, 0.1) is 11.3 Å². The van der Waals surface area contributed by atoms with Crippen LogP contribution in [0.15, 0.2) is 58.6 Å². The Morgan fingerprint density at radius 2 is 1.70 bits per heavy atom. The molecule has 5 rings (SSSR count). The molecule has 3 aliphatic rings. The number of anilines is 1. The molecule has 0 radical (unpaired) electrons. The van der Waals surface area contributed by atoms with E-state index >= 15 is 0 Å². The highest BCUT2D eigenvalue weighted by molar-refractivity contribution is 8.23. The van der Waals surface area contributed by atoms with Gasteiger partial charge in [-0.1, -0.05) is 12.1 Å². The Hall–Kier alpha value is -3.95. The molecule has 0 spiro atoms. The highest BCUT2D eigenvalue weighted by Gasteiger charge is 2.47. The minimum atomic E-state index is -4.74. The van der Waals surface area contributed by atoms with Crippen molar-refractivity contribution in [1.29, 1.82) is 5.26 Å². The Morgan fingerprint density at radius 3 is 2.30 bits per heavy atom. The van der Waals surface area contributed by atoms with Crippen molar-refractivity contribution in [3.05, 3.63) is 70.4 Å². The number of ketones is 1. The van der Waals surface area contributed by atoms with E-state index in [1.54, 1.807) is 0 Å². The minimum Gasteiger partial charge on any atom is -0.339 e. The van der Waals surface area contributed by atoms with Crippen LogP contribution < -0.4 is 4.90 Å². The highest BCUT2D eigenvalue weighted by Crippen LogP contribution is 2.52. The molecule has 2 aromatic rings. The first-order valence-corrected chi connectivity index (χ1v) is 18.3. The monoisotopic (exact) mass is 695 g/mol. The van der Waals surface area contributed by atoms with Crippen LogP contribution >= 0.6 is 10.6 Å². The molecule has 0 bridgehead atoms. The number of urea groups is 1. The van der Waals surface area contributed by atoms with E-state index in [2.05, 4.69) is 0 Å². The first-order chi connectivity index (χ1) is 21.9. The van der Waals surface area contributed by atoms with Gasteiger partial charge < -0.3 is 9.80 Å². The minimum absolute atomic E-state index is 0.000432. The molecule has 47 heavy (non-hydrogen) atoms. The Kier molecular flexibility index (Phi) is 9.20. The third-order valence-corrected chi connectivity index (χ3v) is 10.9. The Labute approximate surface area is 271 Å². The normalized spacial score (nSPS) is 20.3. The number of alkyl halides is 3. The van der Waals surface area contributed by atoms with Gasteiger partial charge in [0.2, 0.25) is 15.9 Å². The van der Waals surface area contributed by atoms with Gasteiger partial charge in [0, 0.05) is 55.7 Å². The number of allylic oxidation sites excluding steroid dienone is 1. The van der Waals surface area contributed by atoms with E-state index in [-0.39, 0.29) is 72.0 Å². The maximum Gasteiger partial charge on any atom is 0.416 e. The lowest BCUT2D eigenvalue weighted by atomic mass is 9.83. The van der Waals surface area contributed by atoms with Crippen LogP contribution in [0.5, 0.6) is 0 Å². The third-order valence-electron chi connectivity index (χ3n) is 8.37. The Bertz CT molecular complexity index is 1810. The average Bonchev–Trinajstić information content (AvgIpc) is 3.00. The van der Waals surface area contributed by atoms with Crippen LogP contribution in [-0.2, 0) is 25.8 Å². The summed E-state index contributed by atoms with van der Waals surface area (Å²) in [6.45, 7) is -0.670. The summed E-state index contributed by atoms with van der Waals surface area (Å²) in [5.41, 5.74) is -0.934. The number of amides is 3. The van der Waals surface area contributed by atoms with Gasteiger partial charge in [0.1, 0.15) is 6.54 Å². The van der Waals surface area contributed by atoms with E-state index in [0.717, 1.165) is 40.5 Å². The summed E-state index contributed by atoms with van der Waals surface area (Å²) < 4.78 is 88.1. The zero-order chi connectivity index (χ0) is 34.5. The van der Waals surface area contributed by atoms with E-state index in [0.29, 0.717) is 6.42 Å². The summed E-state index contributed by atoms with van der Waals surface area (Å²) in [5.74, 6) is -1.06. The number of Topliss-reactive ketones (excluding diaryl/α,β-unsaturated/α-hetero) is 1. The number of carbonyl (C=O) groups is 3. The summed E-state index contributed by atoms with van der Waals surface area (Å²) >= 11 is 0. The van der Waals surface area contributed by atoms with Gasteiger partial charge in [-0.3, -0.25) is 23.6 Å². The quantitative estimate of drug-likeness (QED) is 0.449. The van der Waals surface area contributed by atoms with Gasteiger partial charge in [0.15, 0.2) is 5.78 Å². The molecule has 2 heterocycles. The number of hydrogen-bond donors (Lipinski definition) is 2. The first kappa shape index (κ1) is 34.4. The second-order valence-electron chi connectivity index (χ2n) is 11.6. The number of hydrogen-bond acceptors (Lipinski definition) is 8. The van der Waals surface area contributed by atoms with Crippen molar-refractivity contribution in [2.75, 3.05) is 50.1 Å². The molecule has 2 aliphatic heterocycles. The molecule has 1 unspecified atom stereocenters. The SMILES string of the molecule is CS(O)(O)c1cc(C#N)ccc1C1C2=C(CCCC2=O)N(c2cccc(C(F)(F)F)c2)C(=O)N1CC(=O)N1CCN(S(C)(=O)=O)CC1. The predicted octanol–water partition coefficient (Wildman–Crippen LogP) is 4.41. The molecule has 1 aliphatic carbocycles. The molecule has 2 N–H and O–H groups in total. The number of benzene rings is 2. The van der Waals surface area contributed by atoms with Crippen molar-refractivity contribution in [3.8, 4) is 6.07 Å². The van der Waals surface area contributed by atoms with Crippen LogP contribution in [0.2, 0.25) is 0 Å². The summed E-state index contributed by atoms with van der Waals surface area (Å²) in [4.78, 5) is 45.2. The molecular formula is C30H32F3N5O7S2. The maximum atomic E-state index is 14.5. The van der Waals surface area contributed by atoms with Gasteiger partial charge in [0.25, 0.3) is 0 Å². The molecule has 17 heteroatoms. The van der Waals surface area contributed by atoms with Crippen molar-refractivity contribution >= 4 is 44.0 Å². The number of nitriles is 1. The molecule has 0 saturated carbocycles. The smallest absolute Gasteiger partial charge is 0.339 e. The van der Waals surface area contributed by atoms with E-state index in [1.807, 2.05) is 6.07 Å². The molecule has 1 fully saturated rings. The molecular weight excluding hydrogens is 663 g/mol. The lowest BCUT2D eigenvalue weighted by Crippen LogP contribution is -2.57. The number of piperazine rings is 1. The molecule has 2 aromatic carbocycles. The number of nitrogens with zero attached hydrogens (tertiary/aromatic N) is 5. The largest absolute Gasteiger partial charge is 0.416 e. The Morgan fingerprint density at radius 1 is 1.02 bits per heavy atom. The summed E-state index contributed by atoms with van der Waals surface area (Å²) in [6, 6.07) is 7.64. The Balaban J connectivity index is 1.68. The summed E-state index contributed by atoms with van der Waals surface area (Å²) in [5, 5.41) is 9.52. The average molecular weight is 696 g/mol. The van der Waals surface area contributed by atoms with E-state index in [9.17, 15) is 50.3 Å². The highest BCUT2D eigenvalue weighted by atomic mass is 32.3. The van der Waals surface area contributed by atoms with Gasteiger partial charge in [0.05, 0.1) is 40.1 Å². The van der Waals surface area contributed by atoms with E-state index < -0.39 is 62.7 Å². The fourth-order valence-electron chi connectivity index (χ4n) is 6.15. The lowest BCUT2D eigenvalue weighted by molar-refractivity contribution is -0.137. The van der Waals surface area contributed by atoms with Crippen LogP contribution in [0.4, 0.5) is 23.7 Å². The molecule has 3 amide bonds. The van der Waals surface area contributed by atoms with Crippen LogP contribution in [0.25, 0.3) is 0 Å². The topological polar surface area (TPSA) is 163 Å². The number of sulfonamides is 1. The second kappa shape index (κ2) is 12.6. The van der Waals surface area contributed by atoms with Gasteiger partial charge in [-0.05, 0) is 43.2 Å². The van der Waals surface area contributed by atoms with Crippen molar-refractivity contribution in [1.82, 2.24) is 14.1 Å². The number of carbonyl (C=O) groups excluding carboxylic acids is 3. The number of halogens is 3. The fourth-order valence-corrected chi connectivity index (χ4v) is 7.95. The maximum absolute atomic E-state index is 14.5. The summed E-state index contributed by atoms with van der Waals surface area (Å²) in [6.07, 6.45) is -2.13. The molecule has 0 aromatic heterocycles. The first-order valence-electron chi connectivity index (χ1n) is 14.5. The van der Waals surface area contributed by atoms with Crippen LogP contribution in [0.3, 0.4) is 0 Å². The standard InChI is InChI=1S/C30H32F3N5O7S2/c1-46(42,43)25-15-19(17-34)9-10-22(25)28-27-23(7-4-8-24(27)39)38(21-6-3-5-20(16-21)30(31,32)33)29(41)37(28)18-26(40)35-11-13-36(14-12-35)47(2,44)45/h3,5-6,9-10,15-16,28,42-43H,4,7-8,11-14,18H2,1-2H3. The van der Waals surface area contributed by atoms with Crippen LogP contribution in [0.1, 0.15) is 42.0 Å². The van der Waals surface area contributed by atoms with Gasteiger partial charge in [-0.15, -0.1) is 0 Å². The van der Waals surface area contributed by atoms with E-state index in [1.165, 1.54) is 33.5 Å². The number of rotatable bonds is 6. The van der Waals surface area contributed by atoms with Crippen LogP contribution in [-0.4, -0.2) is 94.6 Å². The molecule has 1 atom stereocenters. The molecule has 1 saturated heterocycles. The van der Waals surface area contributed by atoms with Crippen molar-refractivity contribution < 1.29 is 45.1 Å². The zero-order valence-electron chi connectivity index (χ0n) is 25.4. The molecule has 12 nitrogen and oxygen atoms in total. The van der Waals surface area contributed by atoms with E-state index in [4.69, 9.17) is 0 Å². The zero-order valence-corrected chi connectivity index (χ0v) is 27.0. The lowest BCUT2D eigenvalue weighted by Gasteiger charge is -2.46. The van der Waals surface area contributed by atoms with Crippen molar-refractivity contribution in [3.63, 3.8) is 0 Å². The van der Waals surface area contributed by atoms with Gasteiger partial charge >= 0.3 is 12.2 Å². The summed E-state index contributed by atoms with van der Waals surface area (Å²) in [7, 11) is -7.11. The van der Waals surface area contributed by atoms with Gasteiger partial charge in [-0.2, -0.15) is 33.3 Å². The predicted molar refractivity (Wildman–Crippen MR) is 166 cm³/mol.